The van der Waals surface area contributed by atoms with Gasteiger partial charge in [-0.3, -0.25) is 4.79 Å². The Kier molecular flexibility index (Phi) is 5.96. The van der Waals surface area contributed by atoms with Gasteiger partial charge >= 0.3 is 0 Å². The Morgan fingerprint density at radius 3 is 2.32 bits per heavy atom. The third kappa shape index (κ3) is 4.31. The molecule has 1 saturated heterocycles. The SMILES string of the molecule is Cc1ccc(S(=O)(=O)N2CCN(C(=O)C=Cc3ccccc3F)CC2)cc1C. The molecule has 1 aliphatic heterocycles. The Morgan fingerprint density at radius 1 is 1.00 bits per heavy atom. The lowest BCUT2D eigenvalue weighted by Gasteiger charge is -2.33. The van der Waals surface area contributed by atoms with E-state index in [0.29, 0.717) is 18.7 Å². The number of hydrogen-bond acceptors (Lipinski definition) is 3. The zero-order valence-corrected chi connectivity index (χ0v) is 16.7. The maximum Gasteiger partial charge on any atom is 0.246 e. The number of benzene rings is 2. The van der Waals surface area contributed by atoms with Crippen LogP contribution in [0.3, 0.4) is 0 Å². The van der Waals surface area contributed by atoms with Gasteiger partial charge in [0.25, 0.3) is 0 Å². The monoisotopic (exact) mass is 402 g/mol. The lowest BCUT2D eigenvalue weighted by molar-refractivity contribution is -0.127. The number of nitrogens with zero attached hydrogens (tertiary/aromatic N) is 2. The average molecular weight is 402 g/mol. The van der Waals surface area contributed by atoms with Crippen LogP contribution < -0.4 is 0 Å². The number of piperazine rings is 1. The van der Waals surface area contributed by atoms with Crippen molar-refractivity contribution in [1.29, 1.82) is 0 Å². The van der Waals surface area contributed by atoms with Gasteiger partial charge in [0.2, 0.25) is 15.9 Å². The van der Waals surface area contributed by atoms with Crippen LogP contribution in [0.1, 0.15) is 16.7 Å². The molecule has 2 aromatic carbocycles. The van der Waals surface area contributed by atoms with Crippen molar-refractivity contribution in [1.82, 2.24) is 9.21 Å². The van der Waals surface area contributed by atoms with Gasteiger partial charge in [0.05, 0.1) is 4.90 Å². The van der Waals surface area contributed by atoms with Crippen molar-refractivity contribution in [3.63, 3.8) is 0 Å². The smallest absolute Gasteiger partial charge is 0.246 e. The van der Waals surface area contributed by atoms with Crippen molar-refractivity contribution in [2.75, 3.05) is 26.2 Å². The Hall–Kier alpha value is -2.51. The van der Waals surface area contributed by atoms with Crippen molar-refractivity contribution >= 4 is 22.0 Å². The van der Waals surface area contributed by atoms with Gasteiger partial charge in [-0.2, -0.15) is 4.31 Å². The van der Waals surface area contributed by atoms with Crippen molar-refractivity contribution in [3.05, 3.63) is 71.0 Å². The van der Waals surface area contributed by atoms with E-state index in [0.717, 1.165) is 11.1 Å². The number of hydrogen-bond donors (Lipinski definition) is 0. The van der Waals surface area contributed by atoms with Crippen LogP contribution in [0.15, 0.2) is 53.4 Å². The number of carbonyl (C=O) groups is 1. The van der Waals surface area contributed by atoms with Gasteiger partial charge in [-0.15, -0.1) is 0 Å². The minimum Gasteiger partial charge on any atom is -0.337 e. The number of carbonyl (C=O) groups excluding carboxylic acids is 1. The summed E-state index contributed by atoms with van der Waals surface area (Å²) in [6.45, 7) is 4.87. The lowest BCUT2D eigenvalue weighted by Crippen LogP contribution is -2.50. The van der Waals surface area contributed by atoms with Gasteiger partial charge in [-0.05, 0) is 49.2 Å². The highest BCUT2D eigenvalue weighted by Gasteiger charge is 2.29. The summed E-state index contributed by atoms with van der Waals surface area (Å²) in [5.74, 6) is -0.651. The first-order chi connectivity index (χ1) is 13.3. The molecule has 148 valence electrons. The second-order valence-corrected chi connectivity index (χ2v) is 8.77. The van der Waals surface area contributed by atoms with Crippen LogP contribution in [0.25, 0.3) is 6.08 Å². The fraction of sp³-hybridized carbons (Fsp3) is 0.286. The van der Waals surface area contributed by atoms with Crippen LogP contribution in [0.5, 0.6) is 0 Å². The minimum atomic E-state index is -3.58. The fourth-order valence-electron chi connectivity index (χ4n) is 3.05. The van der Waals surface area contributed by atoms with Gasteiger partial charge < -0.3 is 4.90 Å². The van der Waals surface area contributed by atoms with E-state index in [4.69, 9.17) is 0 Å². The van der Waals surface area contributed by atoms with Crippen molar-refractivity contribution in [3.8, 4) is 0 Å². The minimum absolute atomic E-state index is 0.231. The maximum absolute atomic E-state index is 13.6. The van der Waals surface area contributed by atoms with E-state index in [9.17, 15) is 17.6 Å². The molecule has 0 aliphatic carbocycles. The highest BCUT2D eigenvalue weighted by atomic mass is 32.2. The Labute approximate surface area is 165 Å². The molecule has 0 aromatic heterocycles. The molecule has 1 amide bonds. The molecule has 1 fully saturated rings. The van der Waals surface area contributed by atoms with Crippen molar-refractivity contribution < 1.29 is 17.6 Å². The van der Waals surface area contributed by atoms with Crippen LogP contribution >= 0.6 is 0 Å². The Bertz CT molecular complexity index is 1010. The van der Waals surface area contributed by atoms with Crippen LogP contribution in [0.4, 0.5) is 4.39 Å². The van der Waals surface area contributed by atoms with Crippen molar-refractivity contribution in [2.45, 2.75) is 18.7 Å². The highest BCUT2D eigenvalue weighted by molar-refractivity contribution is 7.89. The largest absolute Gasteiger partial charge is 0.337 e. The molecule has 28 heavy (non-hydrogen) atoms. The summed E-state index contributed by atoms with van der Waals surface area (Å²) < 4.78 is 40.7. The van der Waals surface area contributed by atoms with Gasteiger partial charge in [-0.1, -0.05) is 24.3 Å². The van der Waals surface area contributed by atoms with E-state index in [1.807, 2.05) is 13.8 Å². The lowest BCUT2D eigenvalue weighted by atomic mass is 10.1. The van der Waals surface area contributed by atoms with Gasteiger partial charge in [0, 0.05) is 37.8 Å². The van der Waals surface area contributed by atoms with Crippen LogP contribution in [0, 0.1) is 19.7 Å². The molecule has 1 aliphatic rings. The molecular formula is C21H23FN2O3S. The summed E-state index contributed by atoms with van der Waals surface area (Å²) in [6, 6.07) is 11.3. The van der Waals surface area contributed by atoms with E-state index < -0.39 is 15.8 Å². The summed E-state index contributed by atoms with van der Waals surface area (Å²) >= 11 is 0. The second kappa shape index (κ2) is 8.24. The predicted octanol–water partition coefficient (Wildman–Crippen LogP) is 2.99. The molecule has 0 spiro atoms. The molecule has 0 saturated carbocycles. The van der Waals surface area contributed by atoms with E-state index in [-0.39, 0.29) is 23.9 Å². The van der Waals surface area contributed by atoms with Crippen LogP contribution in [0.2, 0.25) is 0 Å². The van der Waals surface area contributed by atoms with Gasteiger partial charge in [-0.25, -0.2) is 12.8 Å². The fourth-order valence-corrected chi connectivity index (χ4v) is 4.56. The average Bonchev–Trinajstić information content (AvgIpc) is 2.69. The molecule has 0 atom stereocenters. The van der Waals surface area contributed by atoms with E-state index in [1.54, 1.807) is 41.3 Å². The van der Waals surface area contributed by atoms with E-state index in [1.165, 1.54) is 22.5 Å². The number of aryl methyl sites for hydroxylation is 2. The number of halogens is 1. The Balaban J connectivity index is 1.64. The standard InChI is InChI=1S/C21H23FN2O3S/c1-16-7-9-19(15-17(16)2)28(26,27)24-13-11-23(12-14-24)21(25)10-8-18-5-3-4-6-20(18)22/h3-10,15H,11-14H2,1-2H3. The predicted molar refractivity (Wildman–Crippen MR) is 107 cm³/mol. The third-order valence-corrected chi connectivity index (χ3v) is 6.87. The molecule has 2 aromatic rings. The van der Waals surface area contributed by atoms with E-state index >= 15 is 0 Å². The number of rotatable bonds is 4. The molecule has 0 bridgehead atoms. The molecule has 3 rings (SSSR count). The molecule has 0 unspecified atom stereocenters. The van der Waals surface area contributed by atoms with Gasteiger partial charge in [0.1, 0.15) is 5.82 Å². The van der Waals surface area contributed by atoms with E-state index in [2.05, 4.69) is 0 Å². The summed E-state index contributed by atoms with van der Waals surface area (Å²) in [5.41, 5.74) is 2.30. The molecule has 7 heteroatoms. The molecular weight excluding hydrogens is 379 g/mol. The van der Waals surface area contributed by atoms with Crippen LogP contribution in [-0.2, 0) is 14.8 Å². The first kappa shape index (κ1) is 20.2. The summed E-state index contributed by atoms with van der Waals surface area (Å²) in [7, 11) is -3.58. The highest BCUT2D eigenvalue weighted by Crippen LogP contribution is 2.20. The molecule has 0 N–H and O–H groups in total. The number of sulfonamides is 1. The summed E-state index contributed by atoms with van der Waals surface area (Å²) in [6.07, 6.45) is 2.77. The Morgan fingerprint density at radius 2 is 1.68 bits per heavy atom. The molecule has 1 heterocycles. The second-order valence-electron chi connectivity index (χ2n) is 6.83. The topological polar surface area (TPSA) is 57.7 Å². The summed E-state index contributed by atoms with van der Waals surface area (Å²) in [5, 5.41) is 0. The normalized spacial score (nSPS) is 15.9. The zero-order chi connectivity index (χ0) is 20.3. The third-order valence-electron chi connectivity index (χ3n) is 4.98. The maximum atomic E-state index is 13.6. The van der Waals surface area contributed by atoms with Crippen LogP contribution in [-0.4, -0.2) is 49.7 Å². The molecule has 5 nitrogen and oxygen atoms in total. The molecule has 0 radical (unpaired) electrons. The summed E-state index contributed by atoms with van der Waals surface area (Å²) in [4.78, 5) is 14.2. The zero-order valence-electron chi connectivity index (χ0n) is 15.9. The first-order valence-corrected chi connectivity index (χ1v) is 10.5. The van der Waals surface area contributed by atoms with Gasteiger partial charge in [0.15, 0.2) is 0 Å². The quantitative estimate of drug-likeness (QED) is 0.739. The van der Waals surface area contributed by atoms with Crippen molar-refractivity contribution in [2.24, 2.45) is 0 Å². The first-order valence-electron chi connectivity index (χ1n) is 9.08. The number of amides is 1.